The van der Waals surface area contributed by atoms with Crippen molar-refractivity contribution in [3.63, 3.8) is 0 Å². The van der Waals surface area contributed by atoms with Gasteiger partial charge in [-0.25, -0.2) is 0 Å². The Hall–Kier alpha value is -0.760. The number of aryl methyl sites for hydroxylation is 2. The molecule has 1 aromatic rings. The highest BCUT2D eigenvalue weighted by atomic mass is 16.3. The summed E-state index contributed by atoms with van der Waals surface area (Å²) in [7, 11) is 0. The first-order valence-electron chi connectivity index (χ1n) is 6.45. The van der Waals surface area contributed by atoms with Crippen LogP contribution < -0.4 is 0 Å². The summed E-state index contributed by atoms with van der Waals surface area (Å²) in [4.78, 5) is 0. The average Bonchev–Trinajstić information content (AvgIpc) is 2.67. The molecular weight excluding hydrogens is 200 g/mol. The van der Waals surface area contributed by atoms with E-state index in [2.05, 4.69) is 13.8 Å². The quantitative estimate of drug-likeness (QED) is 0.680. The largest absolute Gasteiger partial charge is 0.469 e. The lowest BCUT2D eigenvalue weighted by molar-refractivity contribution is 0.148. The highest BCUT2D eigenvalue weighted by molar-refractivity contribution is 5.14. The predicted molar refractivity (Wildman–Crippen MR) is 66.5 cm³/mol. The van der Waals surface area contributed by atoms with Crippen molar-refractivity contribution in [2.24, 2.45) is 0 Å². The zero-order chi connectivity index (χ0) is 11.8. The molecule has 0 saturated heterocycles. The van der Waals surface area contributed by atoms with E-state index in [1.54, 1.807) is 6.26 Å². The van der Waals surface area contributed by atoms with E-state index in [1.165, 1.54) is 12.0 Å². The van der Waals surface area contributed by atoms with Gasteiger partial charge in [-0.15, -0.1) is 0 Å². The molecule has 16 heavy (non-hydrogen) atoms. The van der Waals surface area contributed by atoms with Crippen LogP contribution in [-0.4, -0.2) is 11.2 Å². The van der Waals surface area contributed by atoms with E-state index >= 15 is 0 Å². The van der Waals surface area contributed by atoms with Crippen molar-refractivity contribution in [3.05, 3.63) is 23.7 Å². The van der Waals surface area contributed by atoms with Crippen LogP contribution in [0.5, 0.6) is 0 Å². The average molecular weight is 224 g/mol. The second-order valence-corrected chi connectivity index (χ2v) is 4.57. The first-order valence-corrected chi connectivity index (χ1v) is 6.45. The highest BCUT2D eigenvalue weighted by Crippen LogP contribution is 2.14. The standard InChI is InChI=1S/C14H24O2/c1-3-4-7-13(15)8-5-6-9-14-12(2)10-11-16-14/h10-11,13,15H,3-9H2,1-2H3. The van der Waals surface area contributed by atoms with Crippen LogP contribution >= 0.6 is 0 Å². The Morgan fingerprint density at radius 1 is 1.25 bits per heavy atom. The second kappa shape index (κ2) is 7.50. The van der Waals surface area contributed by atoms with Gasteiger partial charge in [-0.2, -0.15) is 0 Å². The molecule has 0 bridgehead atoms. The summed E-state index contributed by atoms with van der Waals surface area (Å²) in [5, 5.41) is 9.67. The predicted octanol–water partition coefficient (Wildman–Crippen LogP) is 3.85. The van der Waals surface area contributed by atoms with E-state index < -0.39 is 0 Å². The number of hydrogen-bond acceptors (Lipinski definition) is 2. The van der Waals surface area contributed by atoms with Crippen LogP contribution in [0.15, 0.2) is 16.7 Å². The van der Waals surface area contributed by atoms with Crippen molar-refractivity contribution < 1.29 is 9.52 Å². The van der Waals surface area contributed by atoms with Crippen LogP contribution in [0.4, 0.5) is 0 Å². The molecule has 0 spiro atoms. The molecule has 0 aliphatic rings. The number of furan rings is 1. The van der Waals surface area contributed by atoms with E-state index in [1.807, 2.05) is 6.07 Å². The van der Waals surface area contributed by atoms with Gasteiger partial charge >= 0.3 is 0 Å². The highest BCUT2D eigenvalue weighted by Gasteiger charge is 2.05. The van der Waals surface area contributed by atoms with Crippen LogP contribution in [0.1, 0.15) is 56.8 Å². The molecule has 1 unspecified atom stereocenters. The fraction of sp³-hybridized carbons (Fsp3) is 0.714. The summed E-state index contributed by atoms with van der Waals surface area (Å²) in [6.07, 6.45) is 9.04. The van der Waals surface area contributed by atoms with E-state index in [0.717, 1.165) is 44.3 Å². The Labute approximate surface area is 98.7 Å². The molecule has 92 valence electrons. The molecular formula is C14H24O2. The minimum Gasteiger partial charge on any atom is -0.469 e. The molecule has 2 heteroatoms. The lowest BCUT2D eigenvalue weighted by Gasteiger charge is -2.08. The van der Waals surface area contributed by atoms with E-state index in [9.17, 15) is 5.11 Å². The van der Waals surface area contributed by atoms with Crippen molar-refractivity contribution >= 4 is 0 Å². The molecule has 0 fully saturated rings. The molecule has 2 nitrogen and oxygen atoms in total. The number of unbranched alkanes of at least 4 members (excludes halogenated alkanes) is 2. The third-order valence-corrected chi connectivity index (χ3v) is 3.05. The molecule has 1 rings (SSSR count). The summed E-state index contributed by atoms with van der Waals surface area (Å²) in [6.45, 7) is 4.24. The van der Waals surface area contributed by atoms with Crippen molar-refractivity contribution in [2.45, 2.75) is 64.9 Å². The lowest BCUT2D eigenvalue weighted by atomic mass is 10.0. The zero-order valence-corrected chi connectivity index (χ0v) is 10.5. The van der Waals surface area contributed by atoms with Gasteiger partial charge in [0, 0.05) is 6.42 Å². The van der Waals surface area contributed by atoms with Crippen molar-refractivity contribution in [1.82, 2.24) is 0 Å². The van der Waals surface area contributed by atoms with Gasteiger partial charge in [-0.1, -0.05) is 26.2 Å². The Balaban J connectivity index is 2.06. The molecule has 0 aromatic carbocycles. The summed E-state index contributed by atoms with van der Waals surface area (Å²) in [5.74, 6) is 1.10. The fourth-order valence-electron chi connectivity index (χ4n) is 1.91. The minimum absolute atomic E-state index is 0.0994. The van der Waals surface area contributed by atoms with Crippen LogP contribution in [-0.2, 0) is 6.42 Å². The van der Waals surface area contributed by atoms with Crippen LogP contribution in [0.3, 0.4) is 0 Å². The number of aliphatic hydroxyl groups excluding tert-OH is 1. The van der Waals surface area contributed by atoms with E-state index in [0.29, 0.717) is 0 Å². The summed E-state index contributed by atoms with van der Waals surface area (Å²) < 4.78 is 5.37. The second-order valence-electron chi connectivity index (χ2n) is 4.57. The van der Waals surface area contributed by atoms with Gasteiger partial charge in [0.1, 0.15) is 5.76 Å². The van der Waals surface area contributed by atoms with Crippen molar-refractivity contribution in [1.29, 1.82) is 0 Å². The summed E-state index contributed by atoms with van der Waals surface area (Å²) in [6, 6.07) is 2.01. The zero-order valence-electron chi connectivity index (χ0n) is 10.5. The van der Waals surface area contributed by atoms with Gasteiger partial charge < -0.3 is 9.52 Å². The Kier molecular flexibility index (Phi) is 6.24. The van der Waals surface area contributed by atoms with Gasteiger partial charge in [0.15, 0.2) is 0 Å². The topological polar surface area (TPSA) is 33.4 Å². The molecule has 0 aliphatic heterocycles. The molecule has 1 heterocycles. The monoisotopic (exact) mass is 224 g/mol. The first-order chi connectivity index (χ1) is 7.74. The maximum Gasteiger partial charge on any atom is 0.106 e. The van der Waals surface area contributed by atoms with E-state index in [-0.39, 0.29) is 6.10 Å². The first kappa shape index (κ1) is 13.3. The molecule has 1 aromatic heterocycles. The number of rotatable bonds is 8. The molecule has 1 N–H and O–H groups in total. The third kappa shape index (κ3) is 4.84. The summed E-state index contributed by atoms with van der Waals surface area (Å²) >= 11 is 0. The SMILES string of the molecule is CCCCC(O)CCCCc1occc1C. The maximum absolute atomic E-state index is 9.67. The molecule has 0 amide bonds. The Morgan fingerprint density at radius 3 is 2.62 bits per heavy atom. The van der Waals surface area contributed by atoms with Crippen LogP contribution in [0, 0.1) is 6.92 Å². The fourth-order valence-corrected chi connectivity index (χ4v) is 1.91. The van der Waals surface area contributed by atoms with Gasteiger partial charge in [0.2, 0.25) is 0 Å². The molecule has 0 radical (unpaired) electrons. The third-order valence-electron chi connectivity index (χ3n) is 3.05. The normalized spacial score (nSPS) is 12.9. The van der Waals surface area contributed by atoms with Crippen molar-refractivity contribution in [2.75, 3.05) is 0 Å². The smallest absolute Gasteiger partial charge is 0.106 e. The maximum atomic E-state index is 9.67. The Bertz CT molecular complexity index is 278. The molecule has 1 atom stereocenters. The molecule has 0 aliphatic carbocycles. The summed E-state index contributed by atoms with van der Waals surface area (Å²) in [5.41, 5.74) is 1.24. The van der Waals surface area contributed by atoms with E-state index in [4.69, 9.17) is 4.42 Å². The Morgan fingerprint density at radius 2 is 2.00 bits per heavy atom. The van der Waals surface area contributed by atoms with Gasteiger partial charge in [-0.05, 0) is 37.8 Å². The van der Waals surface area contributed by atoms with Crippen LogP contribution in [0.25, 0.3) is 0 Å². The number of hydrogen-bond donors (Lipinski definition) is 1. The molecule has 0 saturated carbocycles. The van der Waals surface area contributed by atoms with Crippen LogP contribution in [0.2, 0.25) is 0 Å². The van der Waals surface area contributed by atoms with Crippen molar-refractivity contribution in [3.8, 4) is 0 Å². The van der Waals surface area contributed by atoms with Gasteiger partial charge in [0.05, 0.1) is 12.4 Å². The van der Waals surface area contributed by atoms with Gasteiger partial charge in [0.25, 0.3) is 0 Å². The van der Waals surface area contributed by atoms with Gasteiger partial charge in [-0.3, -0.25) is 0 Å². The minimum atomic E-state index is -0.0994. The number of aliphatic hydroxyl groups is 1. The lowest BCUT2D eigenvalue weighted by Crippen LogP contribution is -2.05.